The zero-order valence-electron chi connectivity index (χ0n) is 15.7. The number of methoxy groups -OCH3 is 1. The summed E-state index contributed by atoms with van der Waals surface area (Å²) in [4.78, 5) is 29.4. The van der Waals surface area contributed by atoms with Crippen LogP contribution in [-0.2, 0) is 11.3 Å². The summed E-state index contributed by atoms with van der Waals surface area (Å²) in [5, 5.41) is 1.12. The highest BCUT2D eigenvalue weighted by atomic mass is 32.1. The van der Waals surface area contributed by atoms with Gasteiger partial charge in [-0.1, -0.05) is 18.2 Å². The van der Waals surface area contributed by atoms with E-state index < -0.39 is 5.97 Å². The molecule has 1 aliphatic heterocycles. The molecule has 1 fully saturated rings. The predicted octanol–water partition coefficient (Wildman–Crippen LogP) is 3.63. The molecule has 146 valence electrons. The molecule has 3 aromatic rings. The molecule has 1 aliphatic rings. The quantitative estimate of drug-likeness (QED) is 0.628. The first-order valence-corrected chi connectivity index (χ1v) is 10.1. The molecule has 7 heteroatoms. The van der Waals surface area contributed by atoms with Gasteiger partial charge in [-0.05, 0) is 36.1 Å². The topological polar surface area (TPSA) is 63.0 Å². The van der Waals surface area contributed by atoms with Gasteiger partial charge in [-0.2, -0.15) is 0 Å². The second kappa shape index (κ2) is 8.16. The van der Waals surface area contributed by atoms with Crippen molar-refractivity contribution in [2.75, 3.05) is 33.3 Å². The highest BCUT2D eigenvalue weighted by molar-refractivity contribution is 7.20. The normalized spacial score (nSPS) is 15.5. The first kappa shape index (κ1) is 18.7. The summed E-state index contributed by atoms with van der Waals surface area (Å²) >= 11 is 1.55. The molecule has 6 nitrogen and oxygen atoms in total. The SMILES string of the molecule is COC(=O)c1ccc(CN2CCCN(C(=O)c3cc4ccccc4s3)CC2)o1. The van der Waals surface area contributed by atoms with Gasteiger partial charge in [-0.15, -0.1) is 11.3 Å². The molecule has 3 heterocycles. The number of carbonyl (C=O) groups excluding carboxylic acids is 2. The third kappa shape index (κ3) is 3.95. The molecule has 1 saturated heterocycles. The van der Waals surface area contributed by atoms with Gasteiger partial charge in [0.05, 0.1) is 18.5 Å². The Labute approximate surface area is 167 Å². The number of ether oxygens (including phenoxy) is 1. The van der Waals surface area contributed by atoms with E-state index in [-0.39, 0.29) is 11.7 Å². The zero-order valence-corrected chi connectivity index (χ0v) is 16.5. The molecular formula is C21H22N2O4S. The summed E-state index contributed by atoms with van der Waals surface area (Å²) in [7, 11) is 1.33. The summed E-state index contributed by atoms with van der Waals surface area (Å²) in [6.45, 7) is 3.68. The van der Waals surface area contributed by atoms with E-state index in [2.05, 4.69) is 9.64 Å². The Morgan fingerprint density at radius 3 is 2.79 bits per heavy atom. The van der Waals surface area contributed by atoms with E-state index in [0.717, 1.165) is 46.8 Å². The Hall–Kier alpha value is -2.64. The number of hydrogen-bond donors (Lipinski definition) is 0. The number of amides is 1. The lowest BCUT2D eigenvalue weighted by molar-refractivity contribution is 0.0560. The molecule has 28 heavy (non-hydrogen) atoms. The molecule has 0 aliphatic carbocycles. The molecule has 0 atom stereocenters. The van der Waals surface area contributed by atoms with Crippen LogP contribution in [0.4, 0.5) is 0 Å². The monoisotopic (exact) mass is 398 g/mol. The first-order valence-electron chi connectivity index (χ1n) is 9.31. The van der Waals surface area contributed by atoms with E-state index in [9.17, 15) is 9.59 Å². The van der Waals surface area contributed by atoms with Crippen molar-refractivity contribution < 1.29 is 18.7 Å². The van der Waals surface area contributed by atoms with Gasteiger partial charge in [0.25, 0.3) is 5.91 Å². The number of benzene rings is 1. The third-order valence-electron chi connectivity index (χ3n) is 4.94. The molecule has 1 amide bonds. The van der Waals surface area contributed by atoms with Crippen molar-refractivity contribution in [3.63, 3.8) is 0 Å². The lowest BCUT2D eigenvalue weighted by Gasteiger charge is -2.21. The van der Waals surface area contributed by atoms with Gasteiger partial charge in [0.1, 0.15) is 5.76 Å². The van der Waals surface area contributed by atoms with Crippen LogP contribution in [0.1, 0.15) is 32.4 Å². The minimum absolute atomic E-state index is 0.106. The van der Waals surface area contributed by atoms with Gasteiger partial charge >= 0.3 is 5.97 Å². The number of furan rings is 1. The molecule has 0 unspecified atom stereocenters. The van der Waals surface area contributed by atoms with Crippen LogP contribution in [-0.4, -0.2) is 55.0 Å². The van der Waals surface area contributed by atoms with Crippen molar-refractivity contribution in [1.82, 2.24) is 9.80 Å². The molecular weight excluding hydrogens is 376 g/mol. The summed E-state index contributed by atoms with van der Waals surface area (Å²) in [6, 6.07) is 13.5. The Balaban J connectivity index is 1.38. The molecule has 2 aromatic heterocycles. The maximum atomic E-state index is 12.9. The smallest absolute Gasteiger partial charge is 0.373 e. The highest BCUT2D eigenvalue weighted by Gasteiger charge is 2.22. The number of nitrogens with zero attached hydrogens (tertiary/aromatic N) is 2. The van der Waals surface area contributed by atoms with Crippen LogP contribution in [0, 0.1) is 0 Å². The lowest BCUT2D eigenvalue weighted by atomic mass is 10.2. The van der Waals surface area contributed by atoms with Gasteiger partial charge in [-0.3, -0.25) is 9.69 Å². The average molecular weight is 398 g/mol. The average Bonchev–Trinajstić information content (AvgIpc) is 3.29. The maximum absolute atomic E-state index is 12.9. The zero-order chi connectivity index (χ0) is 19.5. The van der Waals surface area contributed by atoms with Gasteiger partial charge in [-0.25, -0.2) is 4.79 Å². The number of hydrogen-bond acceptors (Lipinski definition) is 6. The molecule has 0 radical (unpaired) electrons. The van der Waals surface area contributed by atoms with Crippen molar-refractivity contribution in [3.8, 4) is 0 Å². The van der Waals surface area contributed by atoms with Gasteiger partial charge < -0.3 is 14.1 Å². The number of carbonyl (C=O) groups is 2. The predicted molar refractivity (Wildman–Crippen MR) is 108 cm³/mol. The van der Waals surface area contributed by atoms with Crippen molar-refractivity contribution in [1.29, 1.82) is 0 Å². The second-order valence-electron chi connectivity index (χ2n) is 6.83. The van der Waals surface area contributed by atoms with E-state index in [4.69, 9.17) is 4.42 Å². The van der Waals surface area contributed by atoms with Crippen LogP contribution in [0.25, 0.3) is 10.1 Å². The van der Waals surface area contributed by atoms with Crippen LogP contribution in [0.5, 0.6) is 0 Å². The van der Waals surface area contributed by atoms with Crippen molar-refractivity contribution >= 4 is 33.3 Å². The Kier molecular flexibility index (Phi) is 5.45. The van der Waals surface area contributed by atoms with E-state index in [0.29, 0.717) is 13.1 Å². The van der Waals surface area contributed by atoms with Gasteiger partial charge in [0.15, 0.2) is 0 Å². The molecule has 0 bridgehead atoms. The van der Waals surface area contributed by atoms with Crippen LogP contribution < -0.4 is 0 Å². The van der Waals surface area contributed by atoms with Crippen LogP contribution in [0.2, 0.25) is 0 Å². The van der Waals surface area contributed by atoms with Crippen molar-refractivity contribution in [2.24, 2.45) is 0 Å². The van der Waals surface area contributed by atoms with E-state index in [1.54, 1.807) is 23.5 Å². The van der Waals surface area contributed by atoms with Crippen LogP contribution in [0.3, 0.4) is 0 Å². The number of rotatable bonds is 4. The van der Waals surface area contributed by atoms with E-state index in [1.807, 2.05) is 35.2 Å². The van der Waals surface area contributed by atoms with E-state index in [1.165, 1.54) is 7.11 Å². The summed E-state index contributed by atoms with van der Waals surface area (Å²) in [6.07, 6.45) is 0.904. The van der Waals surface area contributed by atoms with Crippen LogP contribution >= 0.6 is 11.3 Å². The molecule has 0 N–H and O–H groups in total. The lowest BCUT2D eigenvalue weighted by Crippen LogP contribution is -2.34. The van der Waals surface area contributed by atoms with Crippen molar-refractivity contribution in [2.45, 2.75) is 13.0 Å². The number of esters is 1. The number of thiophene rings is 1. The summed E-state index contributed by atoms with van der Waals surface area (Å²) < 4.78 is 11.4. The minimum Gasteiger partial charge on any atom is -0.463 e. The molecule has 0 saturated carbocycles. The maximum Gasteiger partial charge on any atom is 0.373 e. The highest BCUT2D eigenvalue weighted by Crippen LogP contribution is 2.26. The molecule has 0 spiro atoms. The van der Waals surface area contributed by atoms with Crippen molar-refractivity contribution in [3.05, 3.63) is 58.9 Å². The number of fused-ring (bicyclic) bond motifs is 1. The standard InChI is InChI=1S/C21H22N2O4S/c1-26-21(25)17-8-7-16(27-17)14-22-9-4-10-23(12-11-22)20(24)19-13-15-5-2-3-6-18(15)28-19/h2-3,5-8,13H,4,9-12,14H2,1H3. The fourth-order valence-electron chi connectivity index (χ4n) is 3.47. The molecule has 1 aromatic carbocycles. The Morgan fingerprint density at radius 2 is 1.96 bits per heavy atom. The fourth-order valence-corrected chi connectivity index (χ4v) is 4.50. The Morgan fingerprint density at radius 1 is 1.11 bits per heavy atom. The Bertz CT molecular complexity index is 960. The summed E-state index contributed by atoms with van der Waals surface area (Å²) in [5.41, 5.74) is 0. The fraction of sp³-hybridized carbons (Fsp3) is 0.333. The second-order valence-corrected chi connectivity index (χ2v) is 7.91. The summed E-state index contributed by atoms with van der Waals surface area (Å²) in [5.74, 6) is 0.579. The minimum atomic E-state index is -0.470. The van der Waals surface area contributed by atoms with Crippen LogP contribution in [0.15, 0.2) is 46.9 Å². The molecule has 4 rings (SSSR count). The van der Waals surface area contributed by atoms with E-state index >= 15 is 0 Å². The van der Waals surface area contributed by atoms with Gasteiger partial charge in [0.2, 0.25) is 5.76 Å². The van der Waals surface area contributed by atoms with Gasteiger partial charge in [0, 0.05) is 30.9 Å². The largest absolute Gasteiger partial charge is 0.463 e. The first-order chi connectivity index (χ1) is 13.6. The third-order valence-corrected chi connectivity index (χ3v) is 6.04.